The lowest BCUT2D eigenvalue weighted by Gasteiger charge is -2.23. The van der Waals surface area contributed by atoms with Gasteiger partial charge in [-0.25, -0.2) is 17.6 Å². The quantitative estimate of drug-likeness (QED) is 0.261. The number of nitrogen functional groups attached to an aromatic ring is 1. The van der Waals surface area contributed by atoms with Crippen molar-refractivity contribution in [1.29, 1.82) is 0 Å². The molecule has 0 saturated heterocycles. The van der Waals surface area contributed by atoms with Crippen molar-refractivity contribution in [2.45, 2.75) is 38.8 Å². The highest BCUT2D eigenvalue weighted by Gasteiger charge is 2.24. The van der Waals surface area contributed by atoms with Crippen LogP contribution in [0, 0.1) is 23.3 Å². The summed E-state index contributed by atoms with van der Waals surface area (Å²) in [5.41, 5.74) is 2.74. The molecule has 0 fully saturated rings. The Morgan fingerprint density at radius 1 is 1.00 bits per heavy atom. The molecule has 1 unspecified atom stereocenters. The summed E-state index contributed by atoms with van der Waals surface area (Å²) < 4.78 is 63.5. The molecule has 0 aliphatic carbocycles. The molecule has 1 heterocycles. The van der Waals surface area contributed by atoms with Gasteiger partial charge in [-0.1, -0.05) is 0 Å². The molecule has 0 aliphatic rings. The van der Waals surface area contributed by atoms with Gasteiger partial charge in [0.25, 0.3) is 5.56 Å². The van der Waals surface area contributed by atoms with Crippen molar-refractivity contribution in [2.75, 3.05) is 18.9 Å². The molecule has 1 atom stereocenters. The number of carboxylic acid groups (broad SMARTS) is 1. The Morgan fingerprint density at radius 2 is 1.62 bits per heavy atom. The minimum absolute atomic E-state index is 0.0279. The second-order valence-corrected chi connectivity index (χ2v) is 9.69. The van der Waals surface area contributed by atoms with Crippen LogP contribution >= 0.6 is 0 Å². The normalized spacial score (nSPS) is 12.4. The average molecular weight is 550 g/mol. The summed E-state index contributed by atoms with van der Waals surface area (Å²) in [6.07, 6.45) is 0.0279. The summed E-state index contributed by atoms with van der Waals surface area (Å²) in [4.78, 5) is 36.8. The zero-order chi connectivity index (χ0) is 29.1. The molecule has 3 aromatic rings. The molecule has 8 nitrogen and oxygen atoms in total. The third-order valence-electron chi connectivity index (χ3n) is 5.64. The van der Waals surface area contributed by atoms with E-state index in [1.807, 2.05) is 0 Å². The van der Waals surface area contributed by atoms with E-state index in [0.29, 0.717) is 10.6 Å². The van der Waals surface area contributed by atoms with Crippen molar-refractivity contribution >= 4 is 17.6 Å². The molecule has 3 rings (SSSR count). The maximum absolute atomic E-state index is 15.1. The van der Waals surface area contributed by atoms with Crippen LogP contribution in [-0.4, -0.2) is 46.2 Å². The number of aliphatic carboxylic acids is 1. The highest BCUT2D eigenvalue weighted by Crippen LogP contribution is 2.25. The number of ketones is 1. The van der Waals surface area contributed by atoms with Crippen LogP contribution in [0.15, 0.2) is 47.3 Å². The number of benzene rings is 2. The highest BCUT2D eigenvalue weighted by molar-refractivity contribution is 6.11. The fourth-order valence-electron chi connectivity index (χ4n) is 3.71. The topological polar surface area (TPSA) is 124 Å². The molecule has 0 radical (unpaired) electrons. The maximum Gasteiger partial charge on any atom is 0.323 e. The first-order valence-corrected chi connectivity index (χ1v) is 11.8. The number of rotatable bonds is 10. The third kappa shape index (κ3) is 7.09. The van der Waals surface area contributed by atoms with E-state index in [2.05, 4.69) is 5.32 Å². The van der Waals surface area contributed by atoms with Gasteiger partial charge in [0.1, 0.15) is 29.2 Å². The lowest BCUT2D eigenvalue weighted by Crippen LogP contribution is -2.43. The summed E-state index contributed by atoms with van der Waals surface area (Å²) >= 11 is 0. The lowest BCUT2D eigenvalue weighted by molar-refractivity contribution is -0.142. The van der Waals surface area contributed by atoms with Gasteiger partial charge in [-0.3, -0.25) is 19.0 Å². The zero-order valence-corrected chi connectivity index (χ0v) is 21.4. The molecular weight excluding hydrogens is 522 g/mol. The van der Waals surface area contributed by atoms with Crippen LogP contribution in [0.3, 0.4) is 0 Å². The van der Waals surface area contributed by atoms with Crippen molar-refractivity contribution in [3.63, 3.8) is 0 Å². The van der Waals surface area contributed by atoms with Gasteiger partial charge in [-0.15, -0.1) is 0 Å². The molecule has 208 valence electrons. The average Bonchev–Trinajstić information content (AvgIpc) is 2.81. The maximum atomic E-state index is 15.1. The number of aromatic nitrogens is 1. The number of carbonyl (C=O) groups is 2. The summed E-state index contributed by atoms with van der Waals surface area (Å²) in [6, 6.07) is 4.89. The molecule has 2 aromatic carbocycles. The second kappa shape index (κ2) is 11.8. The van der Waals surface area contributed by atoms with E-state index in [-0.39, 0.29) is 25.1 Å². The van der Waals surface area contributed by atoms with Gasteiger partial charge in [-0.2, -0.15) is 0 Å². The molecule has 12 heteroatoms. The lowest BCUT2D eigenvalue weighted by atomic mass is 10.0. The third-order valence-corrected chi connectivity index (χ3v) is 5.64. The number of ether oxygens (including phenoxy) is 1. The van der Waals surface area contributed by atoms with Crippen LogP contribution < -0.4 is 16.6 Å². The van der Waals surface area contributed by atoms with Gasteiger partial charge in [0.05, 0.1) is 23.3 Å². The van der Waals surface area contributed by atoms with Crippen LogP contribution in [0.25, 0.3) is 5.69 Å². The first kappa shape index (κ1) is 29.5. The Bertz CT molecular complexity index is 1440. The monoisotopic (exact) mass is 549 g/mol. The minimum Gasteiger partial charge on any atom is -0.480 e. The Labute approximate surface area is 221 Å². The SMILES string of the molecule is CC(C)(C)OCC(NCCc1cc(F)c(-n2c(N)c(C(=O)c3ccc(F)cc3F)ccc2=O)c(F)c1)C(=O)O. The standard InChI is InChI=1S/C27H27F4N3O5/c1-27(2,3)39-13-21(26(37)38)33-9-8-14-10-19(30)23(20(31)11-14)34-22(35)7-6-17(25(34)32)24(36)16-5-4-15(28)12-18(16)29/h4-7,10-12,21,33H,8-9,13,32H2,1-3H3,(H,37,38). The summed E-state index contributed by atoms with van der Waals surface area (Å²) in [5.74, 6) is -7.28. The Kier molecular flexibility index (Phi) is 8.92. The summed E-state index contributed by atoms with van der Waals surface area (Å²) in [7, 11) is 0. The first-order valence-electron chi connectivity index (χ1n) is 11.8. The van der Waals surface area contributed by atoms with Gasteiger partial charge in [0, 0.05) is 18.7 Å². The number of pyridine rings is 1. The first-order chi connectivity index (χ1) is 18.2. The number of hydrogen-bond acceptors (Lipinski definition) is 6. The molecule has 1 aromatic heterocycles. The molecule has 0 bridgehead atoms. The summed E-state index contributed by atoms with van der Waals surface area (Å²) in [5, 5.41) is 12.1. The summed E-state index contributed by atoms with van der Waals surface area (Å²) in [6.45, 7) is 5.22. The Balaban J connectivity index is 1.87. The molecule has 0 amide bonds. The molecule has 0 saturated carbocycles. The van der Waals surface area contributed by atoms with Crippen LogP contribution in [0.2, 0.25) is 0 Å². The number of carbonyl (C=O) groups excluding carboxylic acids is 1. The van der Waals surface area contributed by atoms with E-state index >= 15 is 8.78 Å². The number of nitrogens with one attached hydrogen (secondary N) is 1. The van der Waals surface area contributed by atoms with Gasteiger partial charge in [0.2, 0.25) is 0 Å². The molecule has 4 N–H and O–H groups in total. The second-order valence-electron chi connectivity index (χ2n) is 9.69. The van der Waals surface area contributed by atoms with Crippen LogP contribution in [0.1, 0.15) is 42.3 Å². The number of halogens is 4. The number of carboxylic acids is 1. The molecular formula is C27H27F4N3O5. The van der Waals surface area contributed by atoms with Crippen LogP contribution in [0.5, 0.6) is 0 Å². The predicted octanol–water partition coefficient (Wildman–Crippen LogP) is 3.61. The van der Waals surface area contributed by atoms with E-state index in [9.17, 15) is 28.3 Å². The van der Waals surface area contributed by atoms with E-state index in [0.717, 1.165) is 36.4 Å². The molecule has 39 heavy (non-hydrogen) atoms. The van der Waals surface area contributed by atoms with Crippen molar-refractivity contribution in [3.05, 3.63) is 92.8 Å². The smallest absolute Gasteiger partial charge is 0.323 e. The fraction of sp³-hybridized carbons (Fsp3) is 0.296. The van der Waals surface area contributed by atoms with E-state index in [1.54, 1.807) is 20.8 Å². The Morgan fingerprint density at radius 3 is 2.18 bits per heavy atom. The van der Waals surface area contributed by atoms with Crippen molar-refractivity contribution in [2.24, 2.45) is 0 Å². The highest BCUT2D eigenvalue weighted by atomic mass is 19.1. The predicted molar refractivity (Wildman–Crippen MR) is 135 cm³/mol. The van der Waals surface area contributed by atoms with Crippen molar-refractivity contribution in [3.8, 4) is 5.69 Å². The molecule has 0 aliphatic heterocycles. The largest absolute Gasteiger partial charge is 0.480 e. The van der Waals surface area contributed by atoms with Gasteiger partial charge < -0.3 is 20.9 Å². The van der Waals surface area contributed by atoms with Gasteiger partial charge in [-0.05, 0) is 63.1 Å². The van der Waals surface area contributed by atoms with Crippen molar-refractivity contribution < 1.29 is 37.0 Å². The zero-order valence-electron chi connectivity index (χ0n) is 21.4. The van der Waals surface area contributed by atoms with Crippen LogP contribution in [-0.2, 0) is 16.0 Å². The number of hydrogen-bond donors (Lipinski definition) is 3. The van der Waals surface area contributed by atoms with E-state index < -0.39 is 74.9 Å². The van der Waals surface area contributed by atoms with Gasteiger partial charge >= 0.3 is 5.97 Å². The fourth-order valence-corrected chi connectivity index (χ4v) is 3.71. The van der Waals surface area contributed by atoms with Crippen LogP contribution in [0.4, 0.5) is 23.4 Å². The number of nitrogens with two attached hydrogens (primary N) is 1. The number of nitrogens with zero attached hydrogens (tertiary/aromatic N) is 1. The van der Waals surface area contributed by atoms with Gasteiger partial charge in [0.15, 0.2) is 17.4 Å². The van der Waals surface area contributed by atoms with Crippen molar-refractivity contribution in [1.82, 2.24) is 9.88 Å². The number of anilines is 1. The molecule has 0 spiro atoms. The van der Waals surface area contributed by atoms with E-state index in [4.69, 9.17) is 10.5 Å². The Hall–Kier alpha value is -4.03. The minimum atomic E-state index is -1.18. The van der Waals surface area contributed by atoms with E-state index in [1.165, 1.54) is 0 Å².